The molecule has 5 nitrogen and oxygen atoms in total. The molecule has 1 N–H and O–H groups in total. The quantitative estimate of drug-likeness (QED) is 0.666. The van der Waals surface area contributed by atoms with Gasteiger partial charge in [0, 0.05) is 11.5 Å². The van der Waals surface area contributed by atoms with E-state index in [4.69, 9.17) is 9.47 Å². The van der Waals surface area contributed by atoms with E-state index in [-0.39, 0.29) is 23.5 Å². The molecule has 0 spiro atoms. The zero-order valence-corrected chi connectivity index (χ0v) is 18.2. The Kier molecular flexibility index (Phi) is 7.50. The molecule has 1 fully saturated rings. The molecule has 156 valence electrons. The van der Waals surface area contributed by atoms with Crippen LogP contribution >= 0.6 is 0 Å². The molecule has 2 aliphatic rings. The van der Waals surface area contributed by atoms with E-state index in [9.17, 15) is 9.59 Å². The Labute approximate surface area is 169 Å². The highest BCUT2D eigenvalue weighted by atomic mass is 16.5. The van der Waals surface area contributed by atoms with Crippen molar-refractivity contribution in [1.82, 2.24) is 5.32 Å². The molecule has 0 aromatic heterocycles. The topological polar surface area (TPSA) is 64.6 Å². The predicted molar refractivity (Wildman–Crippen MR) is 111 cm³/mol. The van der Waals surface area contributed by atoms with Crippen LogP contribution in [0.1, 0.15) is 66.2 Å². The fraction of sp³-hybridized carbons (Fsp3) is 0.652. The Bertz CT molecular complexity index is 691. The van der Waals surface area contributed by atoms with E-state index in [0.717, 1.165) is 44.1 Å². The first kappa shape index (κ1) is 22.3. The van der Waals surface area contributed by atoms with Gasteiger partial charge in [-0.3, -0.25) is 0 Å². The fourth-order valence-electron chi connectivity index (χ4n) is 4.38. The van der Waals surface area contributed by atoms with Gasteiger partial charge in [0.1, 0.15) is 0 Å². The maximum absolute atomic E-state index is 12.4. The van der Waals surface area contributed by atoms with Gasteiger partial charge in [-0.2, -0.15) is 0 Å². The van der Waals surface area contributed by atoms with Crippen LogP contribution in [-0.4, -0.2) is 32.3 Å². The largest absolute Gasteiger partial charge is 0.465 e. The number of hydrogen-bond donors (Lipinski definition) is 1. The molecule has 28 heavy (non-hydrogen) atoms. The van der Waals surface area contributed by atoms with E-state index in [0.29, 0.717) is 11.5 Å². The molecule has 0 bridgehead atoms. The summed E-state index contributed by atoms with van der Waals surface area (Å²) < 4.78 is 9.76. The summed E-state index contributed by atoms with van der Waals surface area (Å²) in [6.45, 7) is 8.52. The fourth-order valence-corrected chi connectivity index (χ4v) is 4.38. The summed E-state index contributed by atoms with van der Waals surface area (Å²) >= 11 is 0. The highest BCUT2D eigenvalue weighted by Gasteiger charge is 2.29. The molecular formula is C23H35NO4. The van der Waals surface area contributed by atoms with Gasteiger partial charge >= 0.3 is 12.1 Å². The van der Waals surface area contributed by atoms with Crippen molar-refractivity contribution >= 4 is 12.1 Å². The van der Waals surface area contributed by atoms with Crippen molar-refractivity contribution in [2.75, 3.05) is 14.2 Å². The van der Waals surface area contributed by atoms with Gasteiger partial charge in [-0.25, -0.2) is 9.59 Å². The van der Waals surface area contributed by atoms with Gasteiger partial charge in [0.15, 0.2) is 0 Å². The van der Waals surface area contributed by atoms with Crippen LogP contribution in [0.4, 0.5) is 4.79 Å². The third kappa shape index (κ3) is 5.27. The Morgan fingerprint density at radius 3 is 2.32 bits per heavy atom. The van der Waals surface area contributed by atoms with Crippen molar-refractivity contribution in [3.63, 3.8) is 0 Å². The third-order valence-electron chi connectivity index (χ3n) is 6.22. The molecule has 0 aromatic carbocycles. The second kappa shape index (κ2) is 9.44. The average molecular weight is 390 g/mol. The van der Waals surface area contributed by atoms with Crippen LogP contribution in [0.3, 0.4) is 0 Å². The van der Waals surface area contributed by atoms with Crippen LogP contribution in [0, 0.1) is 11.3 Å². The number of nitrogens with one attached hydrogen (secondary N) is 1. The van der Waals surface area contributed by atoms with Crippen molar-refractivity contribution in [3.05, 3.63) is 34.4 Å². The summed E-state index contributed by atoms with van der Waals surface area (Å²) in [5, 5.41) is 2.91. The standard InChI is InChI=1S/C23H35NO4/c1-7-18-13-17(15(2)20(21(25)27-5)14-23(18,3)4)12-16-8-10-19(11-9-16)24-22(26)28-6/h13-14,16,19H,7-12H2,1-6H3,(H,24,26). The summed E-state index contributed by atoms with van der Waals surface area (Å²) in [5.41, 5.74) is 4.11. The summed E-state index contributed by atoms with van der Waals surface area (Å²) in [4.78, 5) is 23.8. The van der Waals surface area contributed by atoms with Gasteiger partial charge in [-0.1, -0.05) is 38.5 Å². The number of esters is 1. The lowest BCUT2D eigenvalue weighted by Gasteiger charge is -2.29. The number of ether oxygens (including phenoxy) is 2. The lowest BCUT2D eigenvalue weighted by molar-refractivity contribution is -0.135. The molecule has 5 heteroatoms. The van der Waals surface area contributed by atoms with Crippen LogP contribution in [0.15, 0.2) is 34.4 Å². The lowest BCUT2D eigenvalue weighted by Crippen LogP contribution is -2.37. The van der Waals surface area contributed by atoms with Crippen molar-refractivity contribution in [3.8, 4) is 0 Å². The van der Waals surface area contributed by atoms with Crippen LogP contribution < -0.4 is 5.32 Å². The number of carbonyl (C=O) groups excluding carboxylic acids is 2. The molecule has 1 amide bonds. The van der Waals surface area contributed by atoms with Crippen molar-refractivity contribution in [2.24, 2.45) is 11.3 Å². The summed E-state index contributed by atoms with van der Waals surface area (Å²) in [6, 6.07) is 0.194. The Morgan fingerprint density at radius 2 is 1.79 bits per heavy atom. The Morgan fingerprint density at radius 1 is 1.14 bits per heavy atom. The van der Waals surface area contributed by atoms with E-state index < -0.39 is 0 Å². The average Bonchev–Trinajstić information content (AvgIpc) is 2.77. The van der Waals surface area contributed by atoms with Gasteiger partial charge in [0.25, 0.3) is 0 Å². The number of alkyl carbamates (subject to hydrolysis) is 1. The van der Waals surface area contributed by atoms with E-state index in [1.165, 1.54) is 25.4 Å². The highest BCUT2D eigenvalue weighted by molar-refractivity contribution is 5.94. The second-order valence-electron chi connectivity index (χ2n) is 8.50. The van der Waals surface area contributed by atoms with Gasteiger partial charge in [-0.15, -0.1) is 0 Å². The summed E-state index contributed by atoms with van der Waals surface area (Å²) in [5.74, 6) is 0.287. The molecule has 1 saturated carbocycles. The smallest absolute Gasteiger partial charge is 0.407 e. The number of hydrogen-bond acceptors (Lipinski definition) is 4. The maximum Gasteiger partial charge on any atom is 0.407 e. The van der Waals surface area contributed by atoms with Crippen LogP contribution in [0.25, 0.3) is 0 Å². The summed E-state index contributed by atoms with van der Waals surface area (Å²) in [7, 11) is 2.84. The number of amides is 1. The Hall–Kier alpha value is -2.04. The molecule has 0 heterocycles. The van der Waals surface area contributed by atoms with Gasteiger partial charge in [0.2, 0.25) is 0 Å². The van der Waals surface area contributed by atoms with Crippen molar-refractivity contribution in [1.29, 1.82) is 0 Å². The molecule has 0 unspecified atom stereocenters. The minimum Gasteiger partial charge on any atom is -0.465 e. The zero-order valence-electron chi connectivity index (χ0n) is 18.2. The molecule has 0 aliphatic heterocycles. The summed E-state index contributed by atoms with van der Waals surface area (Å²) in [6.07, 6.45) is 9.95. The first-order valence-corrected chi connectivity index (χ1v) is 10.3. The molecule has 0 atom stereocenters. The SMILES string of the molecule is CCC1=CC(CC2CCC(NC(=O)OC)CC2)=C(C)C(C(=O)OC)=CC1(C)C. The van der Waals surface area contributed by atoms with Gasteiger partial charge in [0.05, 0.1) is 19.8 Å². The van der Waals surface area contributed by atoms with Crippen LogP contribution in [0.5, 0.6) is 0 Å². The van der Waals surface area contributed by atoms with Crippen LogP contribution in [0.2, 0.25) is 0 Å². The molecule has 0 saturated heterocycles. The van der Waals surface area contributed by atoms with Gasteiger partial charge < -0.3 is 14.8 Å². The molecule has 0 radical (unpaired) electrons. The maximum atomic E-state index is 12.4. The van der Waals surface area contributed by atoms with Crippen molar-refractivity contribution < 1.29 is 19.1 Å². The Balaban J connectivity index is 2.19. The number of methoxy groups -OCH3 is 2. The molecule has 0 aromatic rings. The third-order valence-corrected chi connectivity index (χ3v) is 6.22. The lowest BCUT2D eigenvalue weighted by atomic mass is 9.80. The normalized spacial score (nSPS) is 24.6. The molecule has 2 rings (SSSR count). The van der Waals surface area contributed by atoms with E-state index in [1.807, 2.05) is 6.92 Å². The first-order chi connectivity index (χ1) is 13.2. The number of rotatable bonds is 5. The van der Waals surface area contributed by atoms with E-state index >= 15 is 0 Å². The van der Waals surface area contributed by atoms with Crippen LogP contribution in [-0.2, 0) is 14.3 Å². The van der Waals surface area contributed by atoms with Crippen molar-refractivity contribution in [2.45, 2.75) is 72.3 Å². The number of allylic oxidation sites excluding steroid dienone is 4. The highest BCUT2D eigenvalue weighted by Crippen LogP contribution is 2.40. The van der Waals surface area contributed by atoms with Gasteiger partial charge in [-0.05, 0) is 62.5 Å². The first-order valence-electron chi connectivity index (χ1n) is 10.3. The molecular weight excluding hydrogens is 354 g/mol. The minimum absolute atomic E-state index is 0.177. The van der Waals surface area contributed by atoms with E-state index in [1.54, 1.807) is 0 Å². The second-order valence-corrected chi connectivity index (χ2v) is 8.50. The van der Waals surface area contributed by atoms with E-state index in [2.05, 4.69) is 38.2 Å². The number of carbonyl (C=O) groups is 2. The molecule has 2 aliphatic carbocycles. The predicted octanol–water partition coefficient (Wildman–Crippen LogP) is 5.08. The monoisotopic (exact) mass is 389 g/mol. The minimum atomic E-state index is -0.351. The zero-order chi connectivity index (χ0) is 20.9.